The van der Waals surface area contributed by atoms with Crippen LogP contribution in [0, 0.1) is 0 Å². The Bertz CT molecular complexity index is 105. The molecule has 0 aliphatic heterocycles. The van der Waals surface area contributed by atoms with Crippen molar-refractivity contribution in [3.8, 4) is 0 Å². The summed E-state index contributed by atoms with van der Waals surface area (Å²) in [4.78, 5) is 26.0. The van der Waals surface area contributed by atoms with Gasteiger partial charge < -0.3 is 20.1 Å². The first kappa shape index (κ1) is 12.1. The Labute approximate surface area is 74.4 Å². The summed E-state index contributed by atoms with van der Waals surface area (Å²) in [5.74, 6) is 0. The van der Waals surface area contributed by atoms with E-state index in [1.807, 2.05) is 0 Å². The summed E-state index contributed by atoms with van der Waals surface area (Å²) in [5.41, 5.74) is 5.30. The smallest absolute Gasteiger partial charge is 0.390 e. The molecule has 0 saturated heterocycles. The molecule has 0 saturated carbocycles. The van der Waals surface area contributed by atoms with Crippen molar-refractivity contribution in [2.45, 2.75) is 38.1 Å². The molecule has 0 heterocycles. The monoisotopic (exact) mass is 193 g/mol. The van der Waals surface area contributed by atoms with E-state index in [9.17, 15) is 0 Å². The van der Waals surface area contributed by atoms with Crippen molar-refractivity contribution in [1.29, 1.82) is 0 Å². The van der Waals surface area contributed by atoms with Crippen LogP contribution in [0.3, 0.4) is 0 Å². The van der Waals surface area contributed by atoms with Gasteiger partial charge in [0.2, 0.25) is 0 Å². The fourth-order valence-electron chi connectivity index (χ4n) is 1.04. The Morgan fingerprint density at radius 1 is 0.833 bits per heavy atom. The molecule has 0 aliphatic carbocycles. The van der Waals surface area contributed by atoms with E-state index in [4.69, 9.17) is 20.1 Å². The zero-order chi connectivity index (χ0) is 9.45. The number of hydrogen-bond acceptors (Lipinski definition) is 4. The molecule has 0 bridgehead atoms. The molecule has 0 aromatic heterocycles. The highest BCUT2D eigenvalue weighted by atomic mass is 28.4. The van der Waals surface area contributed by atoms with Crippen LogP contribution in [-0.2, 0) is 0 Å². The molecule has 0 fully saturated rings. The first-order valence-corrected chi connectivity index (χ1v) is 6.48. The van der Waals surface area contributed by atoms with Crippen molar-refractivity contribution in [3.63, 3.8) is 0 Å². The molecule has 5 heteroatoms. The van der Waals surface area contributed by atoms with Crippen LogP contribution in [0.2, 0.25) is 6.04 Å². The van der Waals surface area contributed by atoms with Gasteiger partial charge in [0.15, 0.2) is 0 Å². The second-order valence-electron chi connectivity index (χ2n) is 3.08. The third-order valence-corrected chi connectivity index (χ3v) is 2.74. The minimum Gasteiger partial charge on any atom is -0.390 e. The molecule has 12 heavy (non-hydrogen) atoms. The van der Waals surface area contributed by atoms with Crippen molar-refractivity contribution in [2.24, 2.45) is 5.73 Å². The molecule has 0 unspecified atom stereocenters. The van der Waals surface area contributed by atoms with Gasteiger partial charge >= 0.3 is 8.80 Å². The predicted molar refractivity (Wildman–Crippen MR) is 49.4 cm³/mol. The Morgan fingerprint density at radius 2 is 1.33 bits per heavy atom. The largest absolute Gasteiger partial charge is 0.492 e. The molecule has 5 N–H and O–H groups in total. The highest BCUT2D eigenvalue weighted by Crippen LogP contribution is 2.08. The van der Waals surface area contributed by atoms with Crippen LogP contribution in [-0.4, -0.2) is 29.7 Å². The Kier molecular flexibility index (Phi) is 6.59. The summed E-state index contributed by atoms with van der Waals surface area (Å²) in [5, 5.41) is 0. The second-order valence-corrected chi connectivity index (χ2v) is 5.13. The average Bonchev–Trinajstić information content (AvgIpc) is 1.94. The van der Waals surface area contributed by atoms with Gasteiger partial charge in [-0.25, -0.2) is 0 Å². The molecule has 0 rings (SSSR count). The van der Waals surface area contributed by atoms with Crippen LogP contribution in [0.15, 0.2) is 0 Å². The van der Waals surface area contributed by atoms with E-state index in [1.54, 1.807) is 0 Å². The minimum atomic E-state index is -3.75. The summed E-state index contributed by atoms with van der Waals surface area (Å²) in [6, 6.07) is 0.162. The summed E-state index contributed by atoms with van der Waals surface area (Å²) in [7, 11) is -3.75. The SMILES string of the molecule is NCCCCCCC[Si](O)(O)O. The molecule has 0 atom stereocenters. The van der Waals surface area contributed by atoms with Crippen LogP contribution >= 0.6 is 0 Å². The summed E-state index contributed by atoms with van der Waals surface area (Å²) in [6.07, 6.45) is 4.81. The maximum Gasteiger partial charge on any atom is 0.492 e. The lowest BCUT2D eigenvalue weighted by atomic mass is 10.2. The maximum absolute atomic E-state index is 8.65. The Hall–Kier alpha value is 0.0569. The topological polar surface area (TPSA) is 86.7 Å². The number of rotatable bonds is 7. The van der Waals surface area contributed by atoms with Crippen LogP contribution in [0.25, 0.3) is 0 Å². The van der Waals surface area contributed by atoms with E-state index in [2.05, 4.69) is 0 Å². The predicted octanol–water partition coefficient (Wildman–Crippen LogP) is -0.189. The first-order chi connectivity index (χ1) is 5.56. The quantitative estimate of drug-likeness (QED) is 0.333. The molecular formula is C7H19NO3Si. The molecule has 0 aromatic rings. The van der Waals surface area contributed by atoms with Gasteiger partial charge in [-0.1, -0.05) is 19.3 Å². The molecule has 0 amide bonds. The number of unbranched alkanes of at least 4 members (excludes halogenated alkanes) is 4. The van der Waals surface area contributed by atoms with E-state index < -0.39 is 8.80 Å². The zero-order valence-corrected chi connectivity index (χ0v) is 8.37. The molecule has 0 spiro atoms. The van der Waals surface area contributed by atoms with E-state index >= 15 is 0 Å². The van der Waals surface area contributed by atoms with E-state index in [1.165, 1.54) is 0 Å². The van der Waals surface area contributed by atoms with Gasteiger partial charge in [0.25, 0.3) is 0 Å². The summed E-state index contributed by atoms with van der Waals surface area (Å²) in [6.45, 7) is 0.721. The van der Waals surface area contributed by atoms with Crippen LogP contribution in [0.1, 0.15) is 32.1 Å². The van der Waals surface area contributed by atoms with Gasteiger partial charge in [0, 0.05) is 6.04 Å². The molecule has 0 radical (unpaired) electrons. The van der Waals surface area contributed by atoms with Gasteiger partial charge in [-0.2, -0.15) is 0 Å². The minimum absolute atomic E-state index is 0.162. The van der Waals surface area contributed by atoms with Gasteiger partial charge in [-0.15, -0.1) is 0 Å². The van der Waals surface area contributed by atoms with E-state index in [-0.39, 0.29) is 6.04 Å². The second kappa shape index (κ2) is 6.56. The third kappa shape index (κ3) is 10.1. The van der Waals surface area contributed by atoms with E-state index in [0.29, 0.717) is 6.42 Å². The van der Waals surface area contributed by atoms with Crippen molar-refractivity contribution in [2.75, 3.05) is 6.54 Å². The van der Waals surface area contributed by atoms with Gasteiger partial charge in [-0.3, -0.25) is 0 Å². The lowest BCUT2D eigenvalue weighted by Crippen LogP contribution is -2.33. The normalized spacial score (nSPS) is 12.0. The molecule has 74 valence electrons. The van der Waals surface area contributed by atoms with Crippen LogP contribution in [0.5, 0.6) is 0 Å². The number of hydrogen-bond donors (Lipinski definition) is 4. The Balaban J connectivity index is 3.01. The van der Waals surface area contributed by atoms with Crippen molar-refractivity contribution in [3.05, 3.63) is 0 Å². The van der Waals surface area contributed by atoms with E-state index in [0.717, 1.165) is 32.2 Å². The van der Waals surface area contributed by atoms with Crippen LogP contribution < -0.4 is 5.73 Å². The van der Waals surface area contributed by atoms with Gasteiger partial charge in [-0.05, 0) is 19.4 Å². The van der Waals surface area contributed by atoms with Gasteiger partial charge in [0.1, 0.15) is 0 Å². The Morgan fingerprint density at radius 3 is 1.83 bits per heavy atom. The molecule has 0 aliphatic rings. The summed E-state index contributed by atoms with van der Waals surface area (Å²) >= 11 is 0. The van der Waals surface area contributed by atoms with Crippen LogP contribution in [0.4, 0.5) is 0 Å². The molecule has 4 nitrogen and oxygen atoms in total. The van der Waals surface area contributed by atoms with Crippen molar-refractivity contribution < 1.29 is 14.4 Å². The maximum atomic E-state index is 8.65. The van der Waals surface area contributed by atoms with Gasteiger partial charge in [0.05, 0.1) is 0 Å². The first-order valence-electron chi connectivity index (χ1n) is 4.43. The lowest BCUT2D eigenvalue weighted by molar-refractivity contribution is 0.226. The van der Waals surface area contributed by atoms with Crippen molar-refractivity contribution >= 4 is 8.80 Å². The fourth-order valence-corrected chi connectivity index (χ4v) is 1.76. The third-order valence-electron chi connectivity index (χ3n) is 1.72. The lowest BCUT2D eigenvalue weighted by Gasteiger charge is -2.07. The number of nitrogens with two attached hydrogens (primary N) is 1. The standard InChI is InChI=1S/C7H19NO3Si/c8-6-4-2-1-3-5-7-12(9,10)11/h9-11H,1-8H2. The fraction of sp³-hybridized carbons (Fsp3) is 1.00. The average molecular weight is 193 g/mol. The highest BCUT2D eigenvalue weighted by molar-refractivity contribution is 6.56. The molecular weight excluding hydrogens is 174 g/mol. The zero-order valence-electron chi connectivity index (χ0n) is 7.37. The highest BCUT2D eigenvalue weighted by Gasteiger charge is 2.25. The molecule has 0 aromatic carbocycles. The summed E-state index contributed by atoms with van der Waals surface area (Å²) < 4.78 is 0. The van der Waals surface area contributed by atoms with Crippen molar-refractivity contribution in [1.82, 2.24) is 0 Å².